The largest absolute Gasteiger partial charge is 0.360 e. The van der Waals surface area contributed by atoms with E-state index in [1.807, 2.05) is 17.9 Å². The molecule has 1 aromatic rings. The van der Waals surface area contributed by atoms with Gasteiger partial charge in [0.1, 0.15) is 0 Å². The third kappa shape index (κ3) is 4.94. The Morgan fingerprint density at radius 1 is 1.40 bits per heavy atom. The van der Waals surface area contributed by atoms with Crippen LogP contribution in [0.5, 0.6) is 0 Å². The van der Waals surface area contributed by atoms with Gasteiger partial charge in [0.2, 0.25) is 5.91 Å². The Labute approximate surface area is 131 Å². The molecule has 2 heterocycles. The second-order valence-corrected chi connectivity index (χ2v) is 4.82. The van der Waals surface area contributed by atoms with Gasteiger partial charge in [0.05, 0.1) is 18.3 Å². The number of halogens is 2. The Bertz CT molecular complexity index is 417. The molecule has 1 amide bonds. The molecule has 1 fully saturated rings. The smallest absolute Gasteiger partial charge is 0.239 e. The van der Waals surface area contributed by atoms with E-state index in [-0.39, 0.29) is 30.7 Å². The lowest BCUT2D eigenvalue weighted by Gasteiger charge is -2.34. The highest BCUT2D eigenvalue weighted by molar-refractivity contribution is 5.85. The molecule has 2 rings (SSSR count). The Kier molecular flexibility index (Phi) is 8.12. The summed E-state index contributed by atoms with van der Waals surface area (Å²) in [6.07, 6.45) is 0. The minimum atomic E-state index is -0.409. The number of amides is 1. The highest BCUT2D eigenvalue weighted by Crippen LogP contribution is 2.10. The van der Waals surface area contributed by atoms with Gasteiger partial charge in [-0.15, -0.1) is 24.8 Å². The molecule has 1 aliphatic heterocycles. The Morgan fingerprint density at radius 3 is 2.45 bits per heavy atom. The van der Waals surface area contributed by atoms with Gasteiger partial charge in [-0.2, -0.15) is 0 Å². The summed E-state index contributed by atoms with van der Waals surface area (Å²) in [5, 5.41) is 3.87. The average molecular weight is 325 g/mol. The van der Waals surface area contributed by atoms with Gasteiger partial charge < -0.3 is 15.2 Å². The van der Waals surface area contributed by atoms with Crippen LogP contribution in [0, 0.1) is 6.92 Å². The normalized spacial score (nSPS) is 17.1. The molecule has 0 spiro atoms. The van der Waals surface area contributed by atoms with E-state index in [0.717, 1.165) is 44.2 Å². The fourth-order valence-electron chi connectivity index (χ4n) is 2.13. The standard InChI is InChI=1S/C12H20N4O2.2ClH/c1-9-7-11(18-14-9)8-15-3-5-16(6-4-15)12(17)10(2)13;;/h7,10H,3-6,8,13H2,1-2H3;2*1H/t10-;;/m0../s1. The summed E-state index contributed by atoms with van der Waals surface area (Å²) in [6.45, 7) is 7.54. The lowest BCUT2D eigenvalue weighted by molar-refractivity contribution is -0.134. The molecule has 20 heavy (non-hydrogen) atoms. The fourth-order valence-corrected chi connectivity index (χ4v) is 2.13. The van der Waals surface area contributed by atoms with E-state index in [0.29, 0.717) is 0 Å². The third-order valence-corrected chi connectivity index (χ3v) is 3.13. The monoisotopic (exact) mass is 324 g/mol. The molecule has 1 aliphatic rings. The topological polar surface area (TPSA) is 75.6 Å². The summed E-state index contributed by atoms with van der Waals surface area (Å²) in [7, 11) is 0. The molecule has 0 aliphatic carbocycles. The molecular weight excluding hydrogens is 303 g/mol. The second-order valence-electron chi connectivity index (χ2n) is 4.82. The summed E-state index contributed by atoms with van der Waals surface area (Å²) < 4.78 is 5.19. The van der Waals surface area contributed by atoms with Gasteiger partial charge in [-0.3, -0.25) is 9.69 Å². The van der Waals surface area contributed by atoms with Gasteiger partial charge in [0.25, 0.3) is 0 Å². The molecule has 1 atom stereocenters. The summed E-state index contributed by atoms with van der Waals surface area (Å²) in [6, 6.07) is 1.54. The summed E-state index contributed by atoms with van der Waals surface area (Å²) >= 11 is 0. The maximum absolute atomic E-state index is 11.7. The van der Waals surface area contributed by atoms with Crippen LogP contribution < -0.4 is 5.73 Å². The van der Waals surface area contributed by atoms with Crippen molar-refractivity contribution in [1.29, 1.82) is 0 Å². The summed E-state index contributed by atoms with van der Waals surface area (Å²) in [5.74, 6) is 0.907. The molecule has 0 radical (unpaired) electrons. The van der Waals surface area contributed by atoms with Gasteiger partial charge in [0.15, 0.2) is 5.76 Å². The SMILES string of the molecule is Cc1cc(CN2CCN(C(=O)[C@H](C)N)CC2)on1.Cl.Cl. The number of carbonyl (C=O) groups is 1. The maximum Gasteiger partial charge on any atom is 0.239 e. The van der Waals surface area contributed by atoms with Crippen LogP contribution in [0.3, 0.4) is 0 Å². The lowest BCUT2D eigenvalue weighted by atomic mass is 10.2. The zero-order valence-electron chi connectivity index (χ0n) is 11.7. The van der Waals surface area contributed by atoms with Gasteiger partial charge in [-0.25, -0.2) is 0 Å². The predicted octanol–water partition coefficient (Wildman–Crippen LogP) is 0.818. The zero-order valence-corrected chi connectivity index (χ0v) is 13.4. The van der Waals surface area contributed by atoms with Crippen LogP contribution in [0.25, 0.3) is 0 Å². The number of hydrogen-bond acceptors (Lipinski definition) is 5. The van der Waals surface area contributed by atoms with Crippen molar-refractivity contribution in [1.82, 2.24) is 15.0 Å². The highest BCUT2D eigenvalue weighted by Gasteiger charge is 2.23. The van der Waals surface area contributed by atoms with E-state index in [9.17, 15) is 4.79 Å². The number of aromatic nitrogens is 1. The summed E-state index contributed by atoms with van der Waals surface area (Å²) in [5.41, 5.74) is 6.50. The van der Waals surface area contributed by atoms with Crippen LogP contribution in [0.1, 0.15) is 18.4 Å². The number of rotatable bonds is 3. The zero-order chi connectivity index (χ0) is 13.1. The number of nitrogens with two attached hydrogens (primary N) is 1. The Balaban J connectivity index is 0.00000180. The van der Waals surface area contributed by atoms with E-state index >= 15 is 0 Å². The first kappa shape index (κ1) is 19.2. The molecule has 1 aromatic heterocycles. The molecule has 1 saturated heterocycles. The van der Waals surface area contributed by atoms with Gasteiger partial charge in [-0.1, -0.05) is 5.16 Å². The van der Waals surface area contributed by atoms with Crippen molar-refractivity contribution in [2.75, 3.05) is 26.2 Å². The molecule has 0 aromatic carbocycles. The predicted molar refractivity (Wildman–Crippen MR) is 81.2 cm³/mol. The number of hydrogen-bond donors (Lipinski definition) is 1. The van der Waals surface area contributed by atoms with E-state index in [1.165, 1.54) is 0 Å². The number of piperazine rings is 1. The van der Waals surface area contributed by atoms with Crippen LogP contribution in [0.2, 0.25) is 0 Å². The van der Waals surface area contributed by atoms with Crippen molar-refractivity contribution in [3.63, 3.8) is 0 Å². The van der Waals surface area contributed by atoms with Crippen LogP contribution >= 0.6 is 24.8 Å². The number of aryl methyl sites for hydroxylation is 1. The maximum atomic E-state index is 11.7. The average Bonchev–Trinajstić information content (AvgIpc) is 2.75. The van der Waals surface area contributed by atoms with E-state index in [1.54, 1.807) is 6.92 Å². The minimum absolute atomic E-state index is 0. The molecule has 2 N–H and O–H groups in total. The Morgan fingerprint density at radius 2 is 2.00 bits per heavy atom. The van der Waals surface area contributed by atoms with Crippen LogP contribution in [-0.4, -0.2) is 53.1 Å². The van der Waals surface area contributed by atoms with Crippen molar-refractivity contribution in [3.05, 3.63) is 17.5 Å². The van der Waals surface area contributed by atoms with Crippen molar-refractivity contribution >= 4 is 30.7 Å². The third-order valence-electron chi connectivity index (χ3n) is 3.13. The first-order chi connectivity index (χ1) is 8.56. The van der Waals surface area contributed by atoms with Crippen molar-refractivity contribution < 1.29 is 9.32 Å². The van der Waals surface area contributed by atoms with E-state index in [2.05, 4.69) is 10.1 Å². The van der Waals surface area contributed by atoms with Crippen molar-refractivity contribution in [2.45, 2.75) is 26.4 Å². The molecule has 0 unspecified atom stereocenters. The van der Waals surface area contributed by atoms with Crippen molar-refractivity contribution in [3.8, 4) is 0 Å². The molecule has 116 valence electrons. The highest BCUT2D eigenvalue weighted by atomic mass is 35.5. The van der Waals surface area contributed by atoms with Gasteiger partial charge >= 0.3 is 0 Å². The first-order valence-electron chi connectivity index (χ1n) is 6.25. The summed E-state index contributed by atoms with van der Waals surface area (Å²) in [4.78, 5) is 15.8. The minimum Gasteiger partial charge on any atom is -0.360 e. The Hall–Kier alpha value is -0.820. The van der Waals surface area contributed by atoms with Crippen molar-refractivity contribution in [2.24, 2.45) is 5.73 Å². The van der Waals surface area contributed by atoms with E-state index in [4.69, 9.17) is 10.3 Å². The van der Waals surface area contributed by atoms with Gasteiger partial charge in [0, 0.05) is 32.2 Å². The number of carbonyl (C=O) groups excluding carboxylic acids is 1. The molecular formula is C12H22Cl2N4O2. The number of nitrogens with zero attached hydrogens (tertiary/aromatic N) is 3. The molecule has 6 nitrogen and oxygen atoms in total. The first-order valence-corrected chi connectivity index (χ1v) is 6.25. The van der Waals surface area contributed by atoms with Crippen LogP contribution in [-0.2, 0) is 11.3 Å². The van der Waals surface area contributed by atoms with E-state index < -0.39 is 6.04 Å². The second kappa shape index (κ2) is 8.46. The van der Waals surface area contributed by atoms with Crippen LogP contribution in [0.4, 0.5) is 0 Å². The van der Waals surface area contributed by atoms with Crippen LogP contribution in [0.15, 0.2) is 10.6 Å². The molecule has 0 bridgehead atoms. The quantitative estimate of drug-likeness (QED) is 0.890. The molecule has 8 heteroatoms. The molecule has 0 saturated carbocycles. The lowest BCUT2D eigenvalue weighted by Crippen LogP contribution is -2.52. The van der Waals surface area contributed by atoms with Gasteiger partial charge in [-0.05, 0) is 13.8 Å². The fraction of sp³-hybridized carbons (Fsp3) is 0.667.